The monoisotopic (exact) mass is 451 g/mol. The molecule has 0 radical (unpaired) electrons. The SMILES string of the molecule is O=C(NC1CCN(CCN2CCCC2)CC1)c1ncc2nc(N3CCCCCC3)ccc2n1. The minimum atomic E-state index is -0.177. The number of aromatic nitrogens is 3. The second-order valence-corrected chi connectivity index (χ2v) is 9.81. The van der Waals surface area contributed by atoms with Crippen LogP contribution in [0.1, 0.15) is 62.0 Å². The summed E-state index contributed by atoms with van der Waals surface area (Å²) in [6.45, 7) is 9.02. The fraction of sp³-hybridized carbons (Fsp3) is 0.680. The molecule has 2 aromatic heterocycles. The minimum Gasteiger partial charge on any atom is -0.357 e. The first kappa shape index (κ1) is 22.5. The molecule has 2 aromatic rings. The van der Waals surface area contributed by atoms with Gasteiger partial charge in [-0.15, -0.1) is 0 Å². The number of pyridine rings is 1. The van der Waals surface area contributed by atoms with E-state index in [9.17, 15) is 4.79 Å². The number of carbonyl (C=O) groups is 1. The van der Waals surface area contributed by atoms with Gasteiger partial charge in [-0.2, -0.15) is 0 Å². The molecule has 0 atom stereocenters. The molecule has 8 heteroatoms. The molecule has 0 spiro atoms. The maximum absolute atomic E-state index is 12.8. The molecule has 3 aliphatic rings. The number of amides is 1. The Hall–Kier alpha value is -2.32. The van der Waals surface area contributed by atoms with Gasteiger partial charge in [0, 0.05) is 45.3 Å². The van der Waals surface area contributed by atoms with Gasteiger partial charge in [0.2, 0.25) is 5.82 Å². The third-order valence-electron chi connectivity index (χ3n) is 7.41. The first-order chi connectivity index (χ1) is 16.2. The van der Waals surface area contributed by atoms with E-state index in [0.29, 0.717) is 0 Å². The molecule has 0 unspecified atom stereocenters. The Balaban J connectivity index is 1.14. The molecule has 178 valence electrons. The van der Waals surface area contributed by atoms with Crippen molar-refractivity contribution in [1.29, 1.82) is 0 Å². The van der Waals surface area contributed by atoms with E-state index in [4.69, 9.17) is 4.98 Å². The first-order valence-corrected chi connectivity index (χ1v) is 12.9. The molecular weight excluding hydrogens is 414 g/mol. The molecule has 5 rings (SSSR count). The summed E-state index contributed by atoms with van der Waals surface area (Å²) in [5.74, 6) is 1.05. The van der Waals surface area contributed by atoms with Crippen molar-refractivity contribution in [3.63, 3.8) is 0 Å². The van der Waals surface area contributed by atoms with E-state index in [2.05, 4.69) is 30.0 Å². The lowest BCUT2D eigenvalue weighted by Crippen LogP contribution is -2.46. The first-order valence-electron chi connectivity index (χ1n) is 12.9. The van der Waals surface area contributed by atoms with E-state index in [0.717, 1.165) is 62.4 Å². The maximum atomic E-state index is 12.8. The van der Waals surface area contributed by atoms with Crippen LogP contribution in [0.3, 0.4) is 0 Å². The summed E-state index contributed by atoms with van der Waals surface area (Å²) in [4.78, 5) is 33.9. The molecule has 1 N–H and O–H groups in total. The van der Waals surface area contributed by atoms with E-state index in [1.54, 1.807) is 6.20 Å². The number of fused-ring (bicyclic) bond motifs is 1. The Labute approximate surface area is 196 Å². The molecule has 3 fully saturated rings. The van der Waals surface area contributed by atoms with Gasteiger partial charge in [-0.1, -0.05) is 12.8 Å². The van der Waals surface area contributed by atoms with Crippen molar-refractivity contribution in [3.8, 4) is 0 Å². The van der Waals surface area contributed by atoms with Crippen LogP contribution in [0.25, 0.3) is 11.0 Å². The van der Waals surface area contributed by atoms with Gasteiger partial charge in [-0.3, -0.25) is 4.79 Å². The number of anilines is 1. The molecule has 0 aromatic carbocycles. The average Bonchev–Trinajstić information content (AvgIpc) is 3.23. The maximum Gasteiger partial charge on any atom is 0.289 e. The van der Waals surface area contributed by atoms with Crippen LogP contribution in [0.4, 0.5) is 5.82 Å². The average molecular weight is 452 g/mol. The Morgan fingerprint density at radius 1 is 0.818 bits per heavy atom. The summed E-state index contributed by atoms with van der Waals surface area (Å²) < 4.78 is 0. The molecule has 0 saturated carbocycles. The molecule has 8 nitrogen and oxygen atoms in total. The van der Waals surface area contributed by atoms with Gasteiger partial charge in [-0.25, -0.2) is 15.0 Å². The van der Waals surface area contributed by atoms with Crippen LogP contribution in [0.5, 0.6) is 0 Å². The van der Waals surface area contributed by atoms with Gasteiger partial charge in [-0.05, 0) is 63.7 Å². The Morgan fingerprint density at radius 2 is 1.48 bits per heavy atom. The van der Waals surface area contributed by atoms with Crippen molar-refractivity contribution < 1.29 is 4.79 Å². The lowest BCUT2D eigenvalue weighted by molar-refractivity contribution is 0.0898. The predicted octanol–water partition coefficient (Wildman–Crippen LogP) is 2.70. The van der Waals surface area contributed by atoms with E-state index in [1.165, 1.54) is 58.2 Å². The summed E-state index contributed by atoms with van der Waals surface area (Å²) >= 11 is 0. The zero-order valence-corrected chi connectivity index (χ0v) is 19.7. The van der Waals surface area contributed by atoms with Gasteiger partial charge in [0.05, 0.1) is 11.7 Å². The van der Waals surface area contributed by atoms with Crippen molar-refractivity contribution in [2.75, 3.05) is 57.3 Å². The number of piperidine rings is 1. The standard InChI is InChI=1S/C25H37N7O/c33-25(27-20-9-15-31(16-10-20)18-17-30-11-5-6-12-30)24-26-19-22-21(29-24)7-8-23(28-22)32-13-3-1-2-4-14-32/h7-8,19-20H,1-6,9-18H2,(H,27,33). The second kappa shape index (κ2) is 10.7. The van der Waals surface area contributed by atoms with Crippen LogP contribution in [-0.2, 0) is 0 Å². The third kappa shape index (κ3) is 5.79. The van der Waals surface area contributed by atoms with Crippen LogP contribution in [0.15, 0.2) is 18.3 Å². The molecule has 33 heavy (non-hydrogen) atoms. The quantitative estimate of drug-likeness (QED) is 0.724. The van der Waals surface area contributed by atoms with Gasteiger partial charge < -0.3 is 20.0 Å². The van der Waals surface area contributed by atoms with E-state index in [-0.39, 0.29) is 17.8 Å². The number of nitrogens with one attached hydrogen (secondary N) is 1. The van der Waals surface area contributed by atoms with Crippen LogP contribution >= 0.6 is 0 Å². The summed E-state index contributed by atoms with van der Waals surface area (Å²) in [5.41, 5.74) is 1.48. The number of rotatable bonds is 6. The number of hydrogen-bond acceptors (Lipinski definition) is 7. The van der Waals surface area contributed by atoms with E-state index in [1.807, 2.05) is 12.1 Å². The fourth-order valence-corrected chi connectivity index (χ4v) is 5.34. The zero-order valence-electron chi connectivity index (χ0n) is 19.7. The van der Waals surface area contributed by atoms with Crippen LogP contribution in [0, 0.1) is 0 Å². The van der Waals surface area contributed by atoms with Crippen molar-refractivity contribution in [2.45, 2.75) is 57.4 Å². The summed E-state index contributed by atoms with van der Waals surface area (Å²) in [7, 11) is 0. The van der Waals surface area contributed by atoms with E-state index >= 15 is 0 Å². The highest BCUT2D eigenvalue weighted by molar-refractivity contribution is 5.92. The molecule has 5 heterocycles. The largest absolute Gasteiger partial charge is 0.357 e. The number of nitrogens with zero attached hydrogens (tertiary/aromatic N) is 6. The number of carbonyl (C=O) groups excluding carboxylic acids is 1. The van der Waals surface area contributed by atoms with Gasteiger partial charge >= 0.3 is 0 Å². The van der Waals surface area contributed by atoms with Gasteiger partial charge in [0.25, 0.3) is 5.91 Å². The predicted molar refractivity (Wildman–Crippen MR) is 131 cm³/mol. The Morgan fingerprint density at radius 3 is 2.21 bits per heavy atom. The molecule has 0 bridgehead atoms. The van der Waals surface area contributed by atoms with Crippen LogP contribution < -0.4 is 10.2 Å². The lowest BCUT2D eigenvalue weighted by Gasteiger charge is -2.33. The third-order valence-corrected chi connectivity index (χ3v) is 7.41. The highest BCUT2D eigenvalue weighted by Crippen LogP contribution is 2.20. The van der Waals surface area contributed by atoms with Gasteiger partial charge in [0.1, 0.15) is 11.3 Å². The Kier molecular flexibility index (Phi) is 7.31. The van der Waals surface area contributed by atoms with Crippen molar-refractivity contribution in [3.05, 3.63) is 24.2 Å². The number of hydrogen-bond donors (Lipinski definition) is 1. The van der Waals surface area contributed by atoms with Crippen LogP contribution in [-0.4, -0.2) is 89.1 Å². The van der Waals surface area contributed by atoms with E-state index < -0.39 is 0 Å². The van der Waals surface area contributed by atoms with Crippen molar-refractivity contribution in [1.82, 2.24) is 30.1 Å². The molecule has 3 aliphatic heterocycles. The molecule has 1 amide bonds. The summed E-state index contributed by atoms with van der Waals surface area (Å²) in [6, 6.07) is 4.20. The normalized spacial score (nSPS) is 21.4. The highest BCUT2D eigenvalue weighted by atomic mass is 16.2. The fourth-order valence-electron chi connectivity index (χ4n) is 5.34. The number of likely N-dealkylation sites (tertiary alicyclic amines) is 2. The highest BCUT2D eigenvalue weighted by Gasteiger charge is 2.23. The van der Waals surface area contributed by atoms with Crippen molar-refractivity contribution in [2.24, 2.45) is 0 Å². The summed E-state index contributed by atoms with van der Waals surface area (Å²) in [6.07, 6.45) is 11.4. The topological polar surface area (TPSA) is 77.5 Å². The van der Waals surface area contributed by atoms with Crippen molar-refractivity contribution >= 4 is 22.8 Å². The van der Waals surface area contributed by atoms with Gasteiger partial charge in [0.15, 0.2) is 0 Å². The Bertz CT molecular complexity index is 929. The van der Waals surface area contributed by atoms with Crippen LogP contribution in [0.2, 0.25) is 0 Å². The summed E-state index contributed by atoms with van der Waals surface area (Å²) in [5, 5.41) is 3.16. The molecule has 3 saturated heterocycles. The minimum absolute atomic E-state index is 0.177. The molecule has 0 aliphatic carbocycles. The smallest absolute Gasteiger partial charge is 0.289 e. The second-order valence-electron chi connectivity index (χ2n) is 9.81. The molecular formula is C25H37N7O. The lowest BCUT2D eigenvalue weighted by atomic mass is 10.0. The zero-order chi connectivity index (χ0) is 22.5.